The smallest absolute Gasteiger partial charge is 0.131 e. The first-order chi connectivity index (χ1) is 11.0. The quantitative estimate of drug-likeness (QED) is 0.839. The monoisotopic (exact) mass is 334 g/mol. The highest BCUT2D eigenvalue weighted by atomic mass is 32.2. The van der Waals surface area contributed by atoms with E-state index in [2.05, 4.69) is 10.5 Å². The molecule has 1 aromatic carbocycles. The third-order valence-corrected chi connectivity index (χ3v) is 5.38. The van der Waals surface area contributed by atoms with Crippen LogP contribution in [0.3, 0.4) is 0 Å². The highest BCUT2D eigenvalue weighted by Crippen LogP contribution is 2.30. The average Bonchev–Trinajstić information content (AvgIpc) is 2.96. The summed E-state index contributed by atoms with van der Waals surface area (Å²) >= 11 is 0. The van der Waals surface area contributed by atoms with E-state index in [-0.39, 0.29) is 0 Å². The summed E-state index contributed by atoms with van der Waals surface area (Å²) in [6, 6.07) is 6.33. The van der Waals surface area contributed by atoms with Gasteiger partial charge in [-0.15, -0.1) is 0 Å². The molecule has 0 spiro atoms. The summed E-state index contributed by atoms with van der Waals surface area (Å²) in [7, 11) is -0.874. The molecule has 0 saturated carbocycles. The topological polar surface area (TPSA) is 84.4 Å². The zero-order chi connectivity index (χ0) is 16.4. The molecule has 2 heterocycles. The molecule has 0 amide bonds. The van der Waals surface area contributed by atoms with Gasteiger partial charge in [-0.3, -0.25) is 0 Å². The van der Waals surface area contributed by atoms with Gasteiger partial charge in [-0.1, -0.05) is 11.2 Å². The lowest BCUT2D eigenvalue weighted by molar-refractivity contribution is 0.347. The van der Waals surface area contributed by atoms with E-state index >= 15 is 0 Å². The number of hydrogen-bond acceptors (Lipinski definition) is 5. The Morgan fingerprint density at radius 3 is 2.70 bits per heavy atom. The van der Waals surface area contributed by atoms with Gasteiger partial charge in [-0.25, -0.2) is 8.51 Å². The van der Waals surface area contributed by atoms with Crippen LogP contribution in [0.25, 0.3) is 11.1 Å². The number of rotatable bonds is 4. The summed E-state index contributed by atoms with van der Waals surface area (Å²) in [5.74, 6) is 0. The van der Waals surface area contributed by atoms with Gasteiger partial charge in [-0.05, 0) is 37.5 Å². The molecule has 7 heteroatoms. The Balaban J connectivity index is 1.68. The van der Waals surface area contributed by atoms with Gasteiger partial charge in [0.05, 0.1) is 28.1 Å². The zero-order valence-corrected chi connectivity index (χ0v) is 14.2. The van der Waals surface area contributed by atoms with Crippen LogP contribution in [-0.4, -0.2) is 39.1 Å². The van der Waals surface area contributed by atoms with E-state index in [4.69, 9.17) is 10.3 Å². The number of nitrogens with zero attached hydrogens (tertiary/aromatic N) is 2. The van der Waals surface area contributed by atoms with Crippen LogP contribution in [0.2, 0.25) is 0 Å². The maximum atomic E-state index is 11.5. The number of nitrogens with one attached hydrogen (secondary N) is 1. The molecule has 0 radical (unpaired) electrons. The fourth-order valence-electron chi connectivity index (χ4n) is 2.91. The van der Waals surface area contributed by atoms with Gasteiger partial charge < -0.3 is 15.6 Å². The van der Waals surface area contributed by atoms with Crippen molar-refractivity contribution in [3.63, 3.8) is 0 Å². The van der Waals surface area contributed by atoms with Crippen LogP contribution in [0.5, 0.6) is 0 Å². The molecular weight excluding hydrogens is 312 g/mol. The number of nitrogen functional groups attached to an aromatic ring is 1. The first-order valence-corrected chi connectivity index (χ1v) is 9.22. The zero-order valence-electron chi connectivity index (χ0n) is 13.4. The Kier molecular flexibility index (Phi) is 4.68. The summed E-state index contributed by atoms with van der Waals surface area (Å²) in [5.41, 5.74) is 10.7. The van der Waals surface area contributed by atoms with Crippen molar-refractivity contribution in [2.24, 2.45) is 0 Å². The van der Waals surface area contributed by atoms with Crippen LogP contribution in [0.15, 0.2) is 29.0 Å². The van der Waals surface area contributed by atoms with Crippen molar-refractivity contribution < 1.29 is 8.73 Å². The lowest BCUT2D eigenvalue weighted by Crippen LogP contribution is -2.39. The minimum Gasteiger partial charge on any atom is -0.397 e. The minimum atomic E-state index is -0.874. The molecule has 1 aliphatic heterocycles. The van der Waals surface area contributed by atoms with E-state index in [0.29, 0.717) is 11.7 Å². The van der Waals surface area contributed by atoms with Crippen molar-refractivity contribution in [2.75, 3.05) is 30.4 Å². The van der Waals surface area contributed by atoms with E-state index in [1.807, 2.05) is 29.4 Å². The molecule has 1 unspecified atom stereocenters. The lowest BCUT2D eigenvalue weighted by Gasteiger charge is -2.31. The first kappa shape index (κ1) is 16.0. The molecule has 6 nitrogen and oxygen atoms in total. The van der Waals surface area contributed by atoms with Crippen molar-refractivity contribution in [1.82, 2.24) is 9.46 Å². The Morgan fingerprint density at radius 2 is 2.13 bits per heavy atom. The van der Waals surface area contributed by atoms with Crippen molar-refractivity contribution in [2.45, 2.75) is 25.8 Å². The molecular formula is C16H22N4O2S. The fourth-order valence-corrected chi connectivity index (χ4v) is 3.63. The van der Waals surface area contributed by atoms with E-state index in [1.54, 1.807) is 12.5 Å². The molecule has 3 rings (SSSR count). The van der Waals surface area contributed by atoms with Crippen LogP contribution in [0.1, 0.15) is 18.5 Å². The number of nitrogens with two attached hydrogens (primary N) is 1. The number of benzene rings is 1. The second-order valence-electron chi connectivity index (χ2n) is 5.89. The van der Waals surface area contributed by atoms with Gasteiger partial charge in [0.1, 0.15) is 6.26 Å². The molecule has 124 valence electrons. The van der Waals surface area contributed by atoms with Crippen LogP contribution in [-0.2, 0) is 11.0 Å². The molecule has 2 aromatic rings. The summed E-state index contributed by atoms with van der Waals surface area (Å²) < 4.78 is 18.5. The van der Waals surface area contributed by atoms with Crippen LogP contribution < -0.4 is 11.1 Å². The molecule has 23 heavy (non-hydrogen) atoms. The normalized spacial score (nSPS) is 18.0. The first-order valence-electron chi connectivity index (χ1n) is 7.70. The van der Waals surface area contributed by atoms with E-state index in [0.717, 1.165) is 48.4 Å². The predicted molar refractivity (Wildman–Crippen MR) is 93.4 cm³/mol. The maximum Gasteiger partial charge on any atom is 0.131 e. The Morgan fingerprint density at radius 1 is 1.39 bits per heavy atom. The number of anilines is 2. The van der Waals surface area contributed by atoms with Gasteiger partial charge in [0.25, 0.3) is 0 Å². The number of piperidine rings is 1. The molecule has 1 fully saturated rings. The molecule has 1 aliphatic rings. The van der Waals surface area contributed by atoms with Crippen molar-refractivity contribution in [3.05, 3.63) is 30.2 Å². The van der Waals surface area contributed by atoms with Gasteiger partial charge in [0, 0.05) is 31.0 Å². The van der Waals surface area contributed by atoms with Crippen molar-refractivity contribution in [1.29, 1.82) is 0 Å². The van der Waals surface area contributed by atoms with Gasteiger partial charge in [0.15, 0.2) is 0 Å². The number of aryl methyl sites for hydroxylation is 1. The molecule has 3 N–H and O–H groups in total. The van der Waals surface area contributed by atoms with Crippen molar-refractivity contribution in [3.8, 4) is 11.1 Å². The number of hydrogen-bond donors (Lipinski definition) is 2. The largest absolute Gasteiger partial charge is 0.397 e. The van der Waals surface area contributed by atoms with Crippen molar-refractivity contribution >= 4 is 22.4 Å². The highest BCUT2D eigenvalue weighted by molar-refractivity contribution is 7.81. The van der Waals surface area contributed by atoms with E-state index in [1.165, 1.54) is 0 Å². The Labute approximate surface area is 138 Å². The Hall–Kier alpha value is -1.86. The third kappa shape index (κ3) is 3.56. The standard InChI is InChI=1S/C16H22N4O2S/c1-11-14(10-22-19-11)12-3-4-16(15(17)9-12)18-13-5-7-20(8-6-13)23(2)21/h3-4,9-10,13,18H,5-8,17H2,1-2H3. The fraction of sp³-hybridized carbons (Fsp3) is 0.438. The molecule has 1 saturated heterocycles. The molecule has 1 atom stereocenters. The third-order valence-electron chi connectivity index (χ3n) is 4.29. The van der Waals surface area contributed by atoms with E-state index in [9.17, 15) is 4.21 Å². The summed E-state index contributed by atoms with van der Waals surface area (Å²) in [4.78, 5) is 0. The van der Waals surface area contributed by atoms with Crippen LogP contribution in [0, 0.1) is 6.92 Å². The van der Waals surface area contributed by atoms with Gasteiger partial charge in [0.2, 0.25) is 0 Å². The molecule has 0 bridgehead atoms. The van der Waals surface area contributed by atoms with Crippen LogP contribution in [0.4, 0.5) is 11.4 Å². The second kappa shape index (κ2) is 6.72. The highest BCUT2D eigenvalue weighted by Gasteiger charge is 2.21. The SMILES string of the molecule is Cc1nocc1-c1ccc(NC2CCN(S(C)=O)CC2)c(N)c1. The van der Waals surface area contributed by atoms with Crippen LogP contribution >= 0.6 is 0 Å². The molecule has 1 aromatic heterocycles. The summed E-state index contributed by atoms with van der Waals surface area (Å²) in [5, 5.41) is 7.41. The summed E-state index contributed by atoms with van der Waals surface area (Å²) in [6.45, 7) is 3.60. The summed E-state index contributed by atoms with van der Waals surface area (Å²) in [6.07, 6.45) is 5.30. The second-order valence-corrected chi connectivity index (χ2v) is 7.25. The van der Waals surface area contributed by atoms with Gasteiger partial charge >= 0.3 is 0 Å². The minimum absolute atomic E-state index is 0.361. The Bertz CT molecular complexity index is 708. The number of aromatic nitrogens is 1. The van der Waals surface area contributed by atoms with Gasteiger partial charge in [-0.2, -0.15) is 0 Å². The lowest BCUT2D eigenvalue weighted by atomic mass is 10.0. The molecule has 0 aliphatic carbocycles. The van der Waals surface area contributed by atoms with E-state index < -0.39 is 11.0 Å². The average molecular weight is 334 g/mol. The predicted octanol–water partition coefficient (Wildman–Crippen LogP) is 2.40. The maximum absolute atomic E-state index is 11.5.